The molecule has 0 aromatic heterocycles. The van der Waals surface area contributed by atoms with E-state index in [-0.39, 0.29) is 11.4 Å². The summed E-state index contributed by atoms with van der Waals surface area (Å²) in [6, 6.07) is 14.6. The zero-order valence-corrected chi connectivity index (χ0v) is 13.1. The van der Waals surface area contributed by atoms with Gasteiger partial charge in [-0.3, -0.25) is 9.59 Å². The molecule has 0 atom stereocenters. The van der Waals surface area contributed by atoms with Crippen molar-refractivity contribution in [1.29, 1.82) is 10.5 Å². The molecule has 118 valence electrons. The van der Waals surface area contributed by atoms with E-state index in [9.17, 15) is 9.59 Å². The molecule has 6 nitrogen and oxygen atoms in total. The summed E-state index contributed by atoms with van der Waals surface area (Å²) in [6.07, 6.45) is -0.377. The van der Waals surface area contributed by atoms with E-state index in [0.29, 0.717) is 22.5 Å². The van der Waals surface area contributed by atoms with Crippen molar-refractivity contribution in [3.8, 4) is 12.1 Å². The summed E-state index contributed by atoms with van der Waals surface area (Å²) in [5, 5.41) is 22.8. The minimum absolute atomic E-state index is 0.220. The number of nitrogens with zero attached hydrogens (tertiary/aromatic N) is 2. The number of hydrogen-bond donors (Lipinski definition) is 2. The lowest BCUT2D eigenvalue weighted by Gasteiger charge is -2.07. The van der Waals surface area contributed by atoms with Crippen molar-refractivity contribution in [2.75, 3.05) is 10.6 Å². The van der Waals surface area contributed by atoms with Gasteiger partial charge in [0.05, 0.1) is 22.2 Å². The molecule has 2 amide bonds. The van der Waals surface area contributed by atoms with Crippen LogP contribution in [0.15, 0.2) is 42.5 Å². The number of carbonyl (C=O) groups excluding carboxylic acids is 2. The van der Waals surface area contributed by atoms with Gasteiger partial charge >= 0.3 is 0 Å². The predicted octanol–water partition coefficient (Wildman–Crippen LogP) is 3.05. The molecular formula is C17H11ClN4O2. The first-order chi connectivity index (χ1) is 11.5. The van der Waals surface area contributed by atoms with Gasteiger partial charge in [0.2, 0.25) is 11.8 Å². The second-order valence-corrected chi connectivity index (χ2v) is 5.18. The molecule has 0 spiro atoms. The molecule has 2 aromatic rings. The number of carbonyl (C=O) groups is 2. The highest BCUT2D eigenvalue weighted by molar-refractivity contribution is 6.32. The van der Waals surface area contributed by atoms with Crippen LogP contribution in [0.5, 0.6) is 0 Å². The van der Waals surface area contributed by atoms with Gasteiger partial charge in [-0.1, -0.05) is 11.6 Å². The van der Waals surface area contributed by atoms with Gasteiger partial charge in [-0.2, -0.15) is 10.5 Å². The number of halogens is 1. The van der Waals surface area contributed by atoms with Crippen LogP contribution in [0.25, 0.3) is 0 Å². The van der Waals surface area contributed by atoms with Crippen molar-refractivity contribution in [1.82, 2.24) is 0 Å². The second kappa shape index (κ2) is 7.77. The highest BCUT2D eigenvalue weighted by Gasteiger charge is 2.11. The second-order valence-electron chi connectivity index (χ2n) is 4.77. The lowest BCUT2D eigenvalue weighted by Crippen LogP contribution is -2.21. The van der Waals surface area contributed by atoms with E-state index < -0.39 is 11.8 Å². The Balaban J connectivity index is 1.91. The highest BCUT2D eigenvalue weighted by Crippen LogP contribution is 2.20. The maximum atomic E-state index is 11.9. The Hall–Kier alpha value is -3.35. The Morgan fingerprint density at radius 2 is 1.50 bits per heavy atom. The van der Waals surface area contributed by atoms with E-state index in [1.165, 1.54) is 18.2 Å². The van der Waals surface area contributed by atoms with Crippen LogP contribution >= 0.6 is 11.6 Å². The Morgan fingerprint density at radius 1 is 0.917 bits per heavy atom. The predicted molar refractivity (Wildman–Crippen MR) is 89.2 cm³/mol. The Labute approximate surface area is 143 Å². The third kappa shape index (κ3) is 4.57. The molecule has 0 aliphatic carbocycles. The van der Waals surface area contributed by atoms with Crippen LogP contribution in [-0.4, -0.2) is 11.8 Å². The number of rotatable bonds is 4. The van der Waals surface area contributed by atoms with Crippen molar-refractivity contribution in [2.45, 2.75) is 6.42 Å². The van der Waals surface area contributed by atoms with Gasteiger partial charge in [-0.05, 0) is 42.5 Å². The van der Waals surface area contributed by atoms with Gasteiger partial charge in [0, 0.05) is 11.4 Å². The summed E-state index contributed by atoms with van der Waals surface area (Å²) in [4.78, 5) is 23.7. The van der Waals surface area contributed by atoms with Gasteiger partial charge in [0.25, 0.3) is 0 Å². The topological polar surface area (TPSA) is 106 Å². The molecule has 0 unspecified atom stereocenters. The summed E-state index contributed by atoms with van der Waals surface area (Å²) < 4.78 is 0. The van der Waals surface area contributed by atoms with E-state index in [1.54, 1.807) is 24.3 Å². The SMILES string of the molecule is N#Cc1ccc(NC(=O)CC(=O)Nc2ccc(C#N)c(Cl)c2)cc1. The van der Waals surface area contributed by atoms with E-state index in [2.05, 4.69) is 10.6 Å². The van der Waals surface area contributed by atoms with E-state index >= 15 is 0 Å². The van der Waals surface area contributed by atoms with E-state index in [0.717, 1.165) is 0 Å². The van der Waals surface area contributed by atoms with Crippen LogP contribution in [0.3, 0.4) is 0 Å². The molecule has 2 N–H and O–H groups in total. The number of nitrogens with one attached hydrogen (secondary N) is 2. The quantitative estimate of drug-likeness (QED) is 0.835. The smallest absolute Gasteiger partial charge is 0.233 e. The monoisotopic (exact) mass is 338 g/mol. The third-order valence-corrected chi connectivity index (χ3v) is 3.30. The van der Waals surface area contributed by atoms with Crippen molar-refractivity contribution in [3.63, 3.8) is 0 Å². The Bertz CT molecular complexity index is 864. The van der Waals surface area contributed by atoms with Gasteiger partial charge in [0.15, 0.2) is 0 Å². The first-order valence-corrected chi connectivity index (χ1v) is 7.19. The molecule has 0 aliphatic rings. The lowest BCUT2D eigenvalue weighted by molar-refractivity contribution is -0.123. The van der Waals surface area contributed by atoms with Crippen LogP contribution in [0.1, 0.15) is 17.5 Å². The largest absolute Gasteiger partial charge is 0.326 e. The fourth-order valence-electron chi connectivity index (χ4n) is 1.87. The number of amides is 2. The Morgan fingerprint density at radius 3 is 2.04 bits per heavy atom. The summed E-state index contributed by atoms with van der Waals surface area (Å²) >= 11 is 5.87. The summed E-state index contributed by atoms with van der Waals surface area (Å²) in [7, 11) is 0. The standard InChI is InChI=1S/C17H11ClN4O2/c18-15-7-14(6-3-12(15)10-20)22-17(24)8-16(23)21-13-4-1-11(9-19)2-5-13/h1-7H,8H2,(H,21,23)(H,22,24). The first-order valence-electron chi connectivity index (χ1n) is 6.81. The van der Waals surface area contributed by atoms with Crippen molar-refractivity contribution in [3.05, 3.63) is 58.6 Å². The Kier molecular flexibility index (Phi) is 5.51. The minimum atomic E-state index is -0.512. The van der Waals surface area contributed by atoms with Crippen LogP contribution in [0.4, 0.5) is 11.4 Å². The number of nitriles is 2. The van der Waals surface area contributed by atoms with Crippen molar-refractivity contribution >= 4 is 34.8 Å². The van der Waals surface area contributed by atoms with Crippen molar-refractivity contribution < 1.29 is 9.59 Å². The fraction of sp³-hybridized carbons (Fsp3) is 0.0588. The summed E-state index contributed by atoms with van der Waals surface area (Å²) in [5.74, 6) is -1.00. The van der Waals surface area contributed by atoms with Crippen LogP contribution in [0, 0.1) is 22.7 Å². The van der Waals surface area contributed by atoms with Crippen molar-refractivity contribution in [2.24, 2.45) is 0 Å². The number of anilines is 2. The maximum absolute atomic E-state index is 11.9. The summed E-state index contributed by atoms with van der Waals surface area (Å²) in [5.41, 5.74) is 1.67. The molecule has 7 heteroatoms. The average Bonchev–Trinajstić information content (AvgIpc) is 2.55. The summed E-state index contributed by atoms with van der Waals surface area (Å²) in [6.45, 7) is 0. The molecule has 0 fully saturated rings. The molecule has 24 heavy (non-hydrogen) atoms. The van der Waals surface area contributed by atoms with Gasteiger partial charge in [0.1, 0.15) is 12.5 Å². The molecule has 0 radical (unpaired) electrons. The zero-order chi connectivity index (χ0) is 17.5. The lowest BCUT2D eigenvalue weighted by atomic mass is 10.2. The van der Waals surface area contributed by atoms with E-state index in [4.69, 9.17) is 22.1 Å². The fourth-order valence-corrected chi connectivity index (χ4v) is 2.09. The maximum Gasteiger partial charge on any atom is 0.233 e. The van der Waals surface area contributed by atoms with Crippen LogP contribution in [0.2, 0.25) is 5.02 Å². The third-order valence-electron chi connectivity index (χ3n) is 2.99. The molecule has 0 saturated carbocycles. The average molecular weight is 339 g/mol. The highest BCUT2D eigenvalue weighted by atomic mass is 35.5. The first kappa shape index (κ1) is 17.0. The number of hydrogen-bond acceptors (Lipinski definition) is 4. The molecular weight excluding hydrogens is 328 g/mol. The van der Waals surface area contributed by atoms with Crippen LogP contribution in [-0.2, 0) is 9.59 Å². The van der Waals surface area contributed by atoms with Crippen LogP contribution < -0.4 is 10.6 Å². The molecule has 2 rings (SSSR count). The molecule has 0 saturated heterocycles. The molecule has 0 aliphatic heterocycles. The van der Waals surface area contributed by atoms with E-state index in [1.807, 2.05) is 12.1 Å². The molecule has 0 heterocycles. The van der Waals surface area contributed by atoms with Gasteiger partial charge in [-0.15, -0.1) is 0 Å². The van der Waals surface area contributed by atoms with Gasteiger partial charge < -0.3 is 10.6 Å². The normalized spacial score (nSPS) is 9.46. The number of benzene rings is 2. The minimum Gasteiger partial charge on any atom is -0.326 e. The van der Waals surface area contributed by atoms with Gasteiger partial charge in [-0.25, -0.2) is 0 Å². The molecule has 0 bridgehead atoms. The zero-order valence-electron chi connectivity index (χ0n) is 12.3. The molecule has 2 aromatic carbocycles.